The van der Waals surface area contributed by atoms with Crippen molar-refractivity contribution in [3.8, 4) is 28.6 Å². The smallest absolute Gasteiger partial charge is 0.329 e. The van der Waals surface area contributed by atoms with Crippen LogP contribution in [0.3, 0.4) is 0 Å². The average molecular weight is 612 g/mol. The standard InChI is InChI=1S/C27H25IN4O5/c1-36-19-7-2-16(3-8-19)14-23(25-29-21-11-6-18(28)15-22(21)30-25)32-26(34)24(31-27(32)35)17-4-9-20(10-5-17)37-13-12-33/h2-11,15,23,33-34H,12-14H2,1H3,(H,29,30)(H,31,35)/t23-/m0/s1. The minimum atomic E-state index is -0.608. The van der Waals surface area contributed by atoms with Crippen LogP contribution in [0.15, 0.2) is 71.5 Å². The lowest BCUT2D eigenvalue weighted by Gasteiger charge is -2.17. The summed E-state index contributed by atoms with van der Waals surface area (Å²) in [5.74, 6) is 1.67. The van der Waals surface area contributed by atoms with Crippen LogP contribution in [0.4, 0.5) is 0 Å². The molecule has 0 aliphatic heterocycles. The van der Waals surface area contributed by atoms with Crippen LogP contribution in [-0.4, -0.2) is 50.1 Å². The van der Waals surface area contributed by atoms with Crippen LogP contribution in [0.25, 0.3) is 22.3 Å². The Kier molecular flexibility index (Phi) is 7.19. The molecule has 0 aliphatic rings. The van der Waals surface area contributed by atoms with Crippen LogP contribution in [0.5, 0.6) is 17.4 Å². The number of nitrogens with one attached hydrogen (secondary N) is 2. The first-order chi connectivity index (χ1) is 18.0. The van der Waals surface area contributed by atoms with Gasteiger partial charge in [-0.25, -0.2) is 9.78 Å². The summed E-state index contributed by atoms with van der Waals surface area (Å²) < 4.78 is 13.1. The number of hydrogen-bond donors (Lipinski definition) is 4. The normalized spacial score (nSPS) is 12.1. The minimum absolute atomic E-state index is 0.0881. The number of aliphatic hydroxyl groups is 1. The Balaban J connectivity index is 1.57. The van der Waals surface area contributed by atoms with Gasteiger partial charge in [0.05, 0.1) is 24.8 Å². The Hall–Kier alpha value is -3.77. The number of ether oxygens (including phenoxy) is 2. The second-order valence-corrected chi connectivity index (χ2v) is 9.69. The van der Waals surface area contributed by atoms with Crippen molar-refractivity contribution in [1.82, 2.24) is 19.5 Å². The molecule has 0 radical (unpaired) electrons. The maximum absolute atomic E-state index is 13.2. The topological polar surface area (TPSA) is 125 Å². The molecule has 2 aromatic heterocycles. The molecule has 0 amide bonds. The molecule has 4 N–H and O–H groups in total. The molecule has 2 heterocycles. The highest BCUT2D eigenvalue weighted by atomic mass is 127. The number of methoxy groups -OCH3 is 1. The molecule has 3 aromatic carbocycles. The zero-order chi connectivity index (χ0) is 25.9. The van der Waals surface area contributed by atoms with Gasteiger partial charge in [-0.05, 0) is 82.8 Å². The van der Waals surface area contributed by atoms with Crippen LogP contribution < -0.4 is 15.2 Å². The first-order valence-electron chi connectivity index (χ1n) is 11.6. The van der Waals surface area contributed by atoms with E-state index in [4.69, 9.17) is 19.6 Å². The number of aromatic amines is 2. The minimum Gasteiger partial charge on any atom is -0.497 e. The van der Waals surface area contributed by atoms with Crippen molar-refractivity contribution < 1.29 is 19.7 Å². The van der Waals surface area contributed by atoms with E-state index in [0.29, 0.717) is 29.3 Å². The number of H-pyrrole nitrogens is 2. The zero-order valence-electron chi connectivity index (χ0n) is 19.9. The van der Waals surface area contributed by atoms with Crippen molar-refractivity contribution in [3.63, 3.8) is 0 Å². The summed E-state index contributed by atoms with van der Waals surface area (Å²) in [5.41, 5.74) is 3.03. The van der Waals surface area contributed by atoms with Gasteiger partial charge in [0.1, 0.15) is 35.7 Å². The third-order valence-corrected chi connectivity index (χ3v) is 6.75. The second-order valence-electron chi connectivity index (χ2n) is 8.45. The van der Waals surface area contributed by atoms with Crippen molar-refractivity contribution in [3.05, 3.63) is 92.2 Å². The molecule has 10 heteroatoms. The van der Waals surface area contributed by atoms with Crippen LogP contribution in [-0.2, 0) is 6.42 Å². The van der Waals surface area contributed by atoms with Gasteiger partial charge in [-0.2, -0.15) is 0 Å². The highest BCUT2D eigenvalue weighted by Crippen LogP contribution is 2.33. The molecule has 5 rings (SSSR count). The van der Waals surface area contributed by atoms with E-state index in [1.807, 2.05) is 42.5 Å². The van der Waals surface area contributed by atoms with Crippen LogP contribution in [0, 0.1) is 3.57 Å². The number of aromatic hydroxyl groups is 1. The van der Waals surface area contributed by atoms with E-state index in [9.17, 15) is 9.90 Å². The van der Waals surface area contributed by atoms with Crippen LogP contribution in [0.2, 0.25) is 0 Å². The molecule has 0 spiro atoms. The summed E-state index contributed by atoms with van der Waals surface area (Å²) in [4.78, 5) is 24.2. The molecule has 0 unspecified atom stereocenters. The molecule has 190 valence electrons. The summed E-state index contributed by atoms with van der Waals surface area (Å²) >= 11 is 2.24. The predicted octanol–water partition coefficient (Wildman–Crippen LogP) is 4.24. The fraction of sp³-hybridized carbons (Fsp3) is 0.185. The molecule has 0 bridgehead atoms. The van der Waals surface area contributed by atoms with Gasteiger partial charge in [0, 0.05) is 15.6 Å². The SMILES string of the molecule is COc1ccc(C[C@@H](c2nc3ccc(I)cc3[nH]2)n2c(O)c(-c3ccc(OCCO)cc3)[nH]c2=O)cc1. The molecule has 5 aromatic rings. The van der Waals surface area contributed by atoms with E-state index >= 15 is 0 Å². The molecule has 1 atom stereocenters. The molecule has 0 saturated heterocycles. The largest absolute Gasteiger partial charge is 0.497 e. The number of aromatic nitrogens is 4. The van der Waals surface area contributed by atoms with Crippen molar-refractivity contribution in [2.45, 2.75) is 12.5 Å². The van der Waals surface area contributed by atoms with Crippen molar-refractivity contribution in [1.29, 1.82) is 0 Å². The molecule has 0 fully saturated rings. The van der Waals surface area contributed by atoms with Gasteiger partial charge >= 0.3 is 5.69 Å². The van der Waals surface area contributed by atoms with E-state index in [2.05, 4.69) is 32.6 Å². The Morgan fingerprint density at radius 2 is 1.76 bits per heavy atom. The van der Waals surface area contributed by atoms with E-state index in [1.54, 1.807) is 31.4 Å². The number of imidazole rings is 2. The van der Waals surface area contributed by atoms with E-state index < -0.39 is 11.7 Å². The van der Waals surface area contributed by atoms with Gasteiger partial charge in [-0.1, -0.05) is 12.1 Å². The third kappa shape index (κ3) is 5.20. The maximum atomic E-state index is 13.2. The first-order valence-corrected chi connectivity index (χ1v) is 12.7. The number of rotatable bonds is 9. The fourth-order valence-corrected chi connectivity index (χ4v) is 4.76. The molecular weight excluding hydrogens is 587 g/mol. The summed E-state index contributed by atoms with van der Waals surface area (Å²) in [6, 6.07) is 19.8. The molecule has 0 aliphatic carbocycles. The molecule has 37 heavy (non-hydrogen) atoms. The third-order valence-electron chi connectivity index (χ3n) is 6.08. The summed E-state index contributed by atoms with van der Waals surface area (Å²) in [7, 11) is 1.61. The van der Waals surface area contributed by atoms with Crippen LogP contribution >= 0.6 is 22.6 Å². The maximum Gasteiger partial charge on any atom is 0.329 e. The quantitative estimate of drug-likeness (QED) is 0.185. The number of halogens is 1. The number of aliphatic hydroxyl groups excluding tert-OH is 1. The Morgan fingerprint density at radius 1 is 1.03 bits per heavy atom. The van der Waals surface area contributed by atoms with E-state index in [0.717, 1.165) is 25.9 Å². The number of fused-ring (bicyclic) bond motifs is 1. The lowest BCUT2D eigenvalue weighted by molar-refractivity contribution is 0.201. The highest BCUT2D eigenvalue weighted by Gasteiger charge is 2.26. The first kappa shape index (κ1) is 24.9. The van der Waals surface area contributed by atoms with Crippen LogP contribution in [0.1, 0.15) is 17.4 Å². The van der Waals surface area contributed by atoms with Gasteiger partial charge < -0.3 is 29.7 Å². The molecule has 0 saturated carbocycles. The van der Waals surface area contributed by atoms with Crippen molar-refractivity contribution in [2.75, 3.05) is 20.3 Å². The Morgan fingerprint density at radius 3 is 2.46 bits per heavy atom. The van der Waals surface area contributed by atoms with Gasteiger partial charge in [0.15, 0.2) is 0 Å². The summed E-state index contributed by atoms with van der Waals surface area (Å²) in [6.07, 6.45) is 0.402. The van der Waals surface area contributed by atoms with Gasteiger partial charge in [-0.15, -0.1) is 0 Å². The zero-order valence-corrected chi connectivity index (χ0v) is 22.1. The number of benzene rings is 3. The van der Waals surface area contributed by atoms with Gasteiger partial charge in [0.2, 0.25) is 5.88 Å². The Bertz CT molecular complexity index is 1570. The lowest BCUT2D eigenvalue weighted by Crippen LogP contribution is -2.25. The van der Waals surface area contributed by atoms with Crippen molar-refractivity contribution >= 4 is 33.6 Å². The van der Waals surface area contributed by atoms with Crippen molar-refractivity contribution in [2.24, 2.45) is 0 Å². The average Bonchev–Trinajstić information content (AvgIpc) is 3.46. The fourth-order valence-electron chi connectivity index (χ4n) is 4.27. The summed E-state index contributed by atoms with van der Waals surface area (Å²) in [5, 5.41) is 20.2. The van der Waals surface area contributed by atoms with E-state index in [-0.39, 0.29) is 19.1 Å². The predicted molar refractivity (Wildman–Crippen MR) is 148 cm³/mol. The monoisotopic (exact) mass is 612 g/mol. The number of nitrogens with zero attached hydrogens (tertiary/aromatic N) is 2. The van der Waals surface area contributed by atoms with Gasteiger partial charge in [-0.3, -0.25) is 4.57 Å². The highest BCUT2D eigenvalue weighted by molar-refractivity contribution is 14.1. The Labute approximate surface area is 225 Å². The number of hydrogen-bond acceptors (Lipinski definition) is 6. The lowest BCUT2D eigenvalue weighted by atomic mass is 10.0. The molecule has 9 nitrogen and oxygen atoms in total. The van der Waals surface area contributed by atoms with Gasteiger partial charge in [0.25, 0.3) is 0 Å². The second kappa shape index (κ2) is 10.7. The summed E-state index contributed by atoms with van der Waals surface area (Å²) in [6.45, 7) is 0.0939. The molecular formula is C27H25IN4O5. The van der Waals surface area contributed by atoms with E-state index in [1.165, 1.54) is 4.57 Å².